The highest BCUT2D eigenvalue weighted by atomic mass is 19.1. The van der Waals surface area contributed by atoms with Crippen LogP contribution in [0.4, 0.5) is 4.39 Å². The maximum Gasteiger partial charge on any atom is 0.276 e. The summed E-state index contributed by atoms with van der Waals surface area (Å²) in [4.78, 5) is 14.8. The summed E-state index contributed by atoms with van der Waals surface area (Å²) in [6.45, 7) is 0.634. The smallest absolute Gasteiger partial charge is 0.276 e. The summed E-state index contributed by atoms with van der Waals surface area (Å²) in [5.41, 5.74) is 1.24. The number of hydrogen-bond donors (Lipinski definition) is 0. The van der Waals surface area contributed by atoms with Gasteiger partial charge in [0.1, 0.15) is 12.4 Å². The van der Waals surface area contributed by atoms with Gasteiger partial charge in [-0.1, -0.05) is 29.4 Å². The van der Waals surface area contributed by atoms with Gasteiger partial charge >= 0.3 is 0 Å². The van der Waals surface area contributed by atoms with Gasteiger partial charge in [0.15, 0.2) is 23.0 Å². The Balaban J connectivity index is 1.46. The Bertz CT molecular complexity index is 1000. The van der Waals surface area contributed by atoms with Crippen LogP contribution in [-0.4, -0.2) is 29.6 Å². The van der Waals surface area contributed by atoms with Gasteiger partial charge in [0.25, 0.3) is 5.91 Å². The number of benzene rings is 2. The third-order valence-electron chi connectivity index (χ3n) is 4.98. The van der Waals surface area contributed by atoms with Gasteiger partial charge in [0.05, 0.1) is 13.2 Å². The van der Waals surface area contributed by atoms with Gasteiger partial charge in [0, 0.05) is 12.6 Å². The van der Waals surface area contributed by atoms with Crippen molar-refractivity contribution in [1.82, 2.24) is 10.1 Å². The van der Waals surface area contributed by atoms with Gasteiger partial charge in [-0.15, -0.1) is 0 Å². The number of rotatable bonds is 6. The topological polar surface area (TPSA) is 64.8 Å². The predicted octanol–water partition coefficient (Wildman–Crippen LogP) is 4.38. The molecule has 1 atom stereocenters. The number of methoxy groups -OCH3 is 1. The van der Waals surface area contributed by atoms with Crippen LogP contribution < -0.4 is 9.47 Å². The number of likely N-dealkylation sites (tertiary alicyclic amines) is 1. The number of hydrogen-bond acceptors (Lipinski definition) is 5. The summed E-state index contributed by atoms with van der Waals surface area (Å²) >= 11 is 0. The molecule has 1 aliphatic heterocycles. The van der Waals surface area contributed by atoms with E-state index in [0.717, 1.165) is 24.2 Å². The highest BCUT2D eigenvalue weighted by Crippen LogP contribution is 2.34. The molecule has 0 unspecified atom stereocenters. The van der Waals surface area contributed by atoms with Crippen molar-refractivity contribution in [3.05, 3.63) is 77.4 Å². The molecule has 0 N–H and O–H groups in total. The molecule has 2 heterocycles. The number of aromatic nitrogens is 1. The lowest BCUT2D eigenvalue weighted by Crippen LogP contribution is -2.30. The lowest BCUT2D eigenvalue weighted by atomic mass is 10.0. The Labute approximate surface area is 167 Å². The van der Waals surface area contributed by atoms with Crippen LogP contribution in [0.5, 0.6) is 11.5 Å². The largest absolute Gasteiger partial charge is 0.497 e. The zero-order chi connectivity index (χ0) is 20.2. The highest BCUT2D eigenvalue weighted by molar-refractivity contribution is 5.92. The predicted molar refractivity (Wildman–Crippen MR) is 103 cm³/mol. The van der Waals surface area contributed by atoms with Gasteiger partial charge in [-0.2, -0.15) is 0 Å². The molecule has 1 aromatic heterocycles. The number of amides is 1. The lowest BCUT2D eigenvalue weighted by molar-refractivity contribution is 0.0724. The van der Waals surface area contributed by atoms with Crippen LogP contribution in [0.25, 0.3) is 0 Å². The van der Waals surface area contributed by atoms with E-state index in [1.54, 1.807) is 30.2 Å². The van der Waals surface area contributed by atoms with Gasteiger partial charge < -0.3 is 18.9 Å². The number of halogens is 1. The van der Waals surface area contributed by atoms with Crippen LogP contribution >= 0.6 is 0 Å². The number of ether oxygens (including phenoxy) is 2. The Hall–Kier alpha value is -3.35. The second kappa shape index (κ2) is 8.34. The second-order valence-electron chi connectivity index (χ2n) is 6.83. The van der Waals surface area contributed by atoms with Crippen molar-refractivity contribution >= 4 is 5.91 Å². The first-order valence-electron chi connectivity index (χ1n) is 9.43. The first-order valence-corrected chi connectivity index (χ1v) is 9.43. The van der Waals surface area contributed by atoms with E-state index in [1.807, 2.05) is 24.3 Å². The van der Waals surface area contributed by atoms with Crippen LogP contribution in [0.2, 0.25) is 0 Å². The number of carbonyl (C=O) groups is 1. The molecule has 1 fully saturated rings. The zero-order valence-corrected chi connectivity index (χ0v) is 16.0. The van der Waals surface area contributed by atoms with Crippen LogP contribution in [0.15, 0.2) is 59.1 Å². The quantitative estimate of drug-likeness (QED) is 0.619. The Morgan fingerprint density at radius 3 is 2.93 bits per heavy atom. The summed E-state index contributed by atoms with van der Waals surface area (Å²) in [5, 5.41) is 3.89. The molecule has 3 aromatic rings. The molecule has 1 saturated heterocycles. The molecule has 4 rings (SSSR count). The molecule has 1 amide bonds. The van der Waals surface area contributed by atoms with E-state index in [-0.39, 0.29) is 30.0 Å². The van der Waals surface area contributed by atoms with Crippen molar-refractivity contribution in [1.29, 1.82) is 0 Å². The number of nitrogens with zero attached hydrogens (tertiary/aromatic N) is 2. The molecule has 0 saturated carbocycles. The Morgan fingerprint density at radius 1 is 1.24 bits per heavy atom. The normalized spacial score (nSPS) is 16.1. The molecule has 150 valence electrons. The third-order valence-corrected chi connectivity index (χ3v) is 4.98. The fourth-order valence-corrected chi connectivity index (χ4v) is 3.54. The molecular formula is C22H21FN2O4. The lowest BCUT2D eigenvalue weighted by Gasteiger charge is -2.24. The molecule has 1 aliphatic rings. The highest BCUT2D eigenvalue weighted by Gasteiger charge is 2.32. The second-order valence-corrected chi connectivity index (χ2v) is 6.83. The van der Waals surface area contributed by atoms with Crippen molar-refractivity contribution < 1.29 is 23.2 Å². The molecule has 0 radical (unpaired) electrons. The summed E-state index contributed by atoms with van der Waals surface area (Å²) in [7, 11) is 1.62. The van der Waals surface area contributed by atoms with Crippen molar-refractivity contribution in [2.24, 2.45) is 0 Å². The van der Waals surface area contributed by atoms with Gasteiger partial charge in [0.2, 0.25) is 0 Å². The first-order chi connectivity index (χ1) is 14.2. The molecule has 7 heteroatoms. The van der Waals surface area contributed by atoms with E-state index in [2.05, 4.69) is 5.16 Å². The zero-order valence-electron chi connectivity index (χ0n) is 16.0. The van der Waals surface area contributed by atoms with E-state index >= 15 is 0 Å². The molecule has 0 bridgehead atoms. The molecule has 6 nitrogen and oxygen atoms in total. The van der Waals surface area contributed by atoms with E-state index in [1.165, 1.54) is 12.1 Å². The minimum atomic E-state index is -0.457. The summed E-state index contributed by atoms with van der Waals surface area (Å²) in [5.74, 6) is 0.580. The fraction of sp³-hybridized carbons (Fsp3) is 0.273. The average Bonchev–Trinajstić information content (AvgIpc) is 3.42. The van der Waals surface area contributed by atoms with Gasteiger partial charge in [-0.05, 0) is 42.7 Å². The Kier molecular flexibility index (Phi) is 5.46. The summed E-state index contributed by atoms with van der Waals surface area (Å²) in [6.07, 6.45) is 1.79. The maximum atomic E-state index is 13.6. The van der Waals surface area contributed by atoms with Gasteiger partial charge in [-0.3, -0.25) is 4.79 Å². The maximum absolute atomic E-state index is 13.6. The average molecular weight is 396 g/mol. The molecule has 0 aliphatic carbocycles. The van der Waals surface area contributed by atoms with Crippen LogP contribution in [-0.2, 0) is 6.61 Å². The monoisotopic (exact) mass is 396 g/mol. The fourth-order valence-electron chi connectivity index (χ4n) is 3.54. The van der Waals surface area contributed by atoms with Crippen LogP contribution in [0, 0.1) is 5.82 Å². The van der Waals surface area contributed by atoms with Crippen molar-refractivity contribution in [3.8, 4) is 11.5 Å². The summed E-state index contributed by atoms with van der Waals surface area (Å²) < 4.78 is 29.6. The van der Waals surface area contributed by atoms with Crippen molar-refractivity contribution in [2.45, 2.75) is 25.5 Å². The number of carbonyl (C=O) groups excluding carboxylic acids is 1. The summed E-state index contributed by atoms with van der Waals surface area (Å²) in [6, 6.07) is 15.4. The van der Waals surface area contributed by atoms with E-state index in [9.17, 15) is 9.18 Å². The van der Waals surface area contributed by atoms with E-state index < -0.39 is 5.82 Å². The minimum Gasteiger partial charge on any atom is -0.497 e. The van der Waals surface area contributed by atoms with E-state index in [4.69, 9.17) is 14.0 Å². The Morgan fingerprint density at radius 2 is 2.10 bits per heavy atom. The molecule has 0 spiro atoms. The molecule has 29 heavy (non-hydrogen) atoms. The minimum absolute atomic E-state index is 0.0134. The van der Waals surface area contributed by atoms with E-state index in [0.29, 0.717) is 12.3 Å². The van der Waals surface area contributed by atoms with Crippen molar-refractivity contribution in [3.63, 3.8) is 0 Å². The number of para-hydroxylation sites is 1. The van der Waals surface area contributed by atoms with Crippen LogP contribution in [0.3, 0.4) is 0 Å². The SMILES string of the molecule is COc1cccc([C@@H]2CCCN2C(=O)c2cc(COc3ccccc3F)on2)c1. The standard InChI is InChI=1S/C22H21FN2O4/c1-27-16-7-4-6-15(12-16)20-9-5-11-25(20)22(26)19-13-17(29-24-19)14-28-21-10-3-2-8-18(21)23/h2-4,6-8,10,12-13,20H,5,9,11,14H2,1H3/t20-/m0/s1. The molecular weight excluding hydrogens is 375 g/mol. The van der Waals surface area contributed by atoms with Crippen LogP contribution in [0.1, 0.15) is 40.7 Å². The van der Waals surface area contributed by atoms with Crippen molar-refractivity contribution in [2.75, 3.05) is 13.7 Å². The molecule has 2 aromatic carbocycles. The first kappa shape index (κ1) is 19.0. The van der Waals surface area contributed by atoms with Gasteiger partial charge in [-0.25, -0.2) is 4.39 Å². The third kappa shape index (κ3) is 4.08.